The summed E-state index contributed by atoms with van der Waals surface area (Å²) in [5.74, 6) is -0.170. The third kappa shape index (κ3) is 4.79. The molecule has 1 aliphatic rings. The Bertz CT molecular complexity index is 1280. The van der Waals surface area contributed by atoms with Gasteiger partial charge in [-0.2, -0.15) is 5.10 Å². The van der Waals surface area contributed by atoms with Gasteiger partial charge in [-0.1, -0.05) is 6.07 Å². The molecule has 1 saturated heterocycles. The zero-order valence-corrected chi connectivity index (χ0v) is 20.6. The molecule has 36 heavy (non-hydrogen) atoms. The Hall–Kier alpha value is -3.83. The van der Waals surface area contributed by atoms with Gasteiger partial charge in [-0.05, 0) is 43.5 Å². The minimum atomic E-state index is -0.613. The summed E-state index contributed by atoms with van der Waals surface area (Å²) < 4.78 is 23.4. The molecule has 190 valence electrons. The van der Waals surface area contributed by atoms with E-state index in [9.17, 15) is 14.9 Å². The number of methoxy groups -OCH3 is 1. The Labute approximate surface area is 208 Å². The number of nitrogens with zero attached hydrogens (tertiary/aromatic N) is 4. The van der Waals surface area contributed by atoms with Gasteiger partial charge in [-0.15, -0.1) is 0 Å². The molecule has 11 heteroatoms. The Morgan fingerprint density at radius 3 is 2.58 bits per heavy atom. The average molecular weight is 497 g/mol. The Balaban J connectivity index is 1.92. The summed E-state index contributed by atoms with van der Waals surface area (Å²) in [6.45, 7) is 7.03. The highest BCUT2D eigenvalue weighted by Gasteiger charge is 2.30. The minimum absolute atomic E-state index is 0.134. The lowest BCUT2D eigenvalue weighted by Crippen LogP contribution is -2.21. The molecule has 0 spiro atoms. The van der Waals surface area contributed by atoms with E-state index in [2.05, 4.69) is 10.1 Å². The second-order valence-electron chi connectivity index (χ2n) is 8.32. The van der Waals surface area contributed by atoms with Crippen molar-refractivity contribution in [3.8, 4) is 28.3 Å². The monoisotopic (exact) mass is 496 g/mol. The van der Waals surface area contributed by atoms with Crippen molar-refractivity contribution in [3.63, 3.8) is 0 Å². The molecule has 3 heterocycles. The molecular weight excluding hydrogens is 468 g/mol. The van der Waals surface area contributed by atoms with Crippen molar-refractivity contribution in [1.82, 2.24) is 14.8 Å². The predicted octanol–water partition coefficient (Wildman–Crippen LogP) is 3.91. The van der Waals surface area contributed by atoms with Crippen LogP contribution in [0.25, 0.3) is 22.4 Å². The molecule has 1 aliphatic heterocycles. The number of carbonyl (C=O) groups is 1. The van der Waals surface area contributed by atoms with Gasteiger partial charge in [0.2, 0.25) is 5.88 Å². The normalized spacial score (nSPS) is 14.3. The molecule has 0 bridgehead atoms. The van der Waals surface area contributed by atoms with Crippen molar-refractivity contribution in [1.29, 1.82) is 0 Å². The smallest absolute Gasteiger partial charge is 0.341 e. The zero-order chi connectivity index (χ0) is 25.8. The van der Waals surface area contributed by atoms with Crippen molar-refractivity contribution in [2.75, 3.05) is 40.1 Å². The molecule has 4 rings (SSSR count). The van der Waals surface area contributed by atoms with E-state index >= 15 is 0 Å². The fourth-order valence-electron chi connectivity index (χ4n) is 4.42. The molecule has 0 atom stereocenters. The van der Waals surface area contributed by atoms with Crippen molar-refractivity contribution in [2.24, 2.45) is 0 Å². The van der Waals surface area contributed by atoms with Crippen molar-refractivity contribution >= 4 is 11.7 Å². The number of nitro groups is 1. The van der Waals surface area contributed by atoms with E-state index in [1.54, 1.807) is 29.9 Å². The molecule has 0 aliphatic carbocycles. The van der Waals surface area contributed by atoms with Crippen molar-refractivity contribution < 1.29 is 28.7 Å². The summed E-state index contributed by atoms with van der Waals surface area (Å²) in [7, 11) is 1.53. The third-order valence-electron chi connectivity index (χ3n) is 6.03. The summed E-state index contributed by atoms with van der Waals surface area (Å²) in [5, 5.41) is 16.7. The van der Waals surface area contributed by atoms with E-state index in [1.807, 2.05) is 13.8 Å². The SMILES string of the molecule is CCOC(=O)c1cnn(C2COCCOC2)c1-c1ccc(-c2c(C)cnc(OC)c2C)cc1[N+](=O)[O-]. The van der Waals surface area contributed by atoms with Crippen LogP contribution < -0.4 is 4.74 Å². The molecule has 1 fully saturated rings. The van der Waals surface area contributed by atoms with Gasteiger partial charge < -0.3 is 18.9 Å². The van der Waals surface area contributed by atoms with Gasteiger partial charge in [0.05, 0.1) is 68.6 Å². The number of esters is 1. The predicted molar refractivity (Wildman–Crippen MR) is 130 cm³/mol. The van der Waals surface area contributed by atoms with Crippen molar-refractivity contribution in [2.45, 2.75) is 26.8 Å². The highest BCUT2D eigenvalue weighted by Crippen LogP contribution is 2.39. The number of pyridine rings is 1. The number of ether oxygens (including phenoxy) is 4. The molecular formula is C25H28N4O7. The van der Waals surface area contributed by atoms with Gasteiger partial charge in [0.25, 0.3) is 5.69 Å². The third-order valence-corrected chi connectivity index (χ3v) is 6.03. The minimum Gasteiger partial charge on any atom is -0.481 e. The first-order chi connectivity index (χ1) is 17.4. The standard InChI is InChI=1S/C25H28N4O7/c1-5-36-25(30)20-12-27-28(18-13-34-8-9-35-14-18)23(20)19-7-6-17(10-21(19)29(31)32)22-15(2)11-26-24(33-4)16(22)3/h6-7,10-12,18H,5,8-9,13-14H2,1-4H3. The molecule has 2 aromatic heterocycles. The molecule has 0 saturated carbocycles. The van der Waals surface area contributed by atoms with E-state index in [0.717, 1.165) is 16.7 Å². The van der Waals surface area contributed by atoms with Crippen LogP contribution in [0.3, 0.4) is 0 Å². The summed E-state index contributed by atoms with van der Waals surface area (Å²) in [5.41, 5.74) is 3.52. The first-order valence-corrected chi connectivity index (χ1v) is 11.6. The maximum atomic E-state index is 12.8. The quantitative estimate of drug-likeness (QED) is 0.272. The highest BCUT2D eigenvalue weighted by molar-refractivity contribution is 5.98. The van der Waals surface area contributed by atoms with Gasteiger partial charge >= 0.3 is 5.97 Å². The van der Waals surface area contributed by atoms with E-state index in [0.29, 0.717) is 24.7 Å². The molecule has 3 aromatic rings. The Morgan fingerprint density at radius 1 is 1.22 bits per heavy atom. The highest BCUT2D eigenvalue weighted by atomic mass is 16.6. The number of rotatable bonds is 7. The van der Waals surface area contributed by atoms with Crippen LogP contribution >= 0.6 is 0 Å². The van der Waals surface area contributed by atoms with Crippen LogP contribution in [-0.4, -0.2) is 65.8 Å². The van der Waals surface area contributed by atoms with Gasteiger partial charge in [0.1, 0.15) is 5.56 Å². The van der Waals surface area contributed by atoms with Gasteiger partial charge in [-0.3, -0.25) is 14.8 Å². The van der Waals surface area contributed by atoms with Gasteiger partial charge in [-0.25, -0.2) is 9.78 Å². The molecule has 1 aromatic carbocycles. The number of nitro benzene ring substituents is 1. The lowest BCUT2D eigenvalue weighted by atomic mass is 9.94. The fourth-order valence-corrected chi connectivity index (χ4v) is 4.42. The summed E-state index contributed by atoms with van der Waals surface area (Å²) >= 11 is 0. The molecule has 11 nitrogen and oxygen atoms in total. The van der Waals surface area contributed by atoms with E-state index in [1.165, 1.54) is 19.4 Å². The molecule has 0 radical (unpaired) electrons. The largest absolute Gasteiger partial charge is 0.481 e. The molecule has 0 N–H and O–H groups in total. The van der Waals surface area contributed by atoms with Crippen LogP contribution in [0.2, 0.25) is 0 Å². The average Bonchev–Trinajstić information content (AvgIpc) is 3.12. The van der Waals surface area contributed by atoms with Crippen LogP contribution in [0.1, 0.15) is 34.5 Å². The lowest BCUT2D eigenvalue weighted by molar-refractivity contribution is -0.384. The Morgan fingerprint density at radius 2 is 1.94 bits per heavy atom. The second kappa shape index (κ2) is 10.8. The first-order valence-electron chi connectivity index (χ1n) is 11.6. The van der Waals surface area contributed by atoms with Crippen LogP contribution in [0.4, 0.5) is 5.69 Å². The van der Waals surface area contributed by atoms with E-state index in [4.69, 9.17) is 18.9 Å². The van der Waals surface area contributed by atoms with Gasteiger partial charge in [0, 0.05) is 17.8 Å². The maximum Gasteiger partial charge on any atom is 0.341 e. The van der Waals surface area contributed by atoms with E-state index in [-0.39, 0.29) is 48.4 Å². The number of aryl methyl sites for hydroxylation is 1. The summed E-state index contributed by atoms with van der Waals surface area (Å²) in [6.07, 6.45) is 3.04. The van der Waals surface area contributed by atoms with Crippen LogP contribution in [0.5, 0.6) is 5.88 Å². The number of benzene rings is 1. The summed E-state index contributed by atoms with van der Waals surface area (Å²) in [6, 6.07) is 4.53. The second-order valence-corrected chi connectivity index (χ2v) is 8.32. The maximum absolute atomic E-state index is 12.8. The Kier molecular flexibility index (Phi) is 7.61. The number of hydrogen-bond donors (Lipinski definition) is 0. The first kappa shape index (κ1) is 25.3. The van der Waals surface area contributed by atoms with Crippen LogP contribution in [0, 0.1) is 24.0 Å². The lowest BCUT2D eigenvalue weighted by Gasteiger charge is -2.19. The molecule has 0 unspecified atom stereocenters. The van der Waals surface area contributed by atoms with E-state index < -0.39 is 10.9 Å². The van der Waals surface area contributed by atoms with Crippen LogP contribution in [-0.2, 0) is 14.2 Å². The van der Waals surface area contributed by atoms with Crippen LogP contribution in [0.15, 0.2) is 30.6 Å². The fraction of sp³-hybridized carbons (Fsp3) is 0.400. The van der Waals surface area contributed by atoms with Gasteiger partial charge in [0.15, 0.2) is 0 Å². The topological polar surface area (TPSA) is 128 Å². The number of carbonyl (C=O) groups excluding carboxylic acids is 1. The van der Waals surface area contributed by atoms with Crippen molar-refractivity contribution in [3.05, 3.63) is 57.4 Å². The molecule has 0 amide bonds. The number of hydrogen-bond acceptors (Lipinski definition) is 9. The number of aromatic nitrogens is 3. The zero-order valence-electron chi connectivity index (χ0n) is 20.6. The summed E-state index contributed by atoms with van der Waals surface area (Å²) in [4.78, 5) is 28.9.